The molecule has 4 rings (SSSR count). The molecular formula is C21H29F2N5O2. The predicted octanol–water partition coefficient (Wildman–Crippen LogP) is 2.46. The summed E-state index contributed by atoms with van der Waals surface area (Å²) in [4.78, 5) is 28.4. The van der Waals surface area contributed by atoms with Gasteiger partial charge in [-0.25, -0.2) is 13.5 Å². The molecule has 3 atom stereocenters. The van der Waals surface area contributed by atoms with Crippen molar-refractivity contribution in [1.82, 2.24) is 19.6 Å². The predicted molar refractivity (Wildman–Crippen MR) is 108 cm³/mol. The lowest BCUT2D eigenvalue weighted by Crippen LogP contribution is -2.47. The van der Waals surface area contributed by atoms with Crippen molar-refractivity contribution in [3.05, 3.63) is 24.4 Å². The SMILES string of the molecule is C=CCN1CC(C(=O)N2CCC([C@@H]3C[C@H](C(F)F)n4nc(C)cc4N3)CC2)CC1=O. The van der Waals surface area contributed by atoms with Gasteiger partial charge in [-0.2, -0.15) is 5.10 Å². The van der Waals surface area contributed by atoms with E-state index in [0.29, 0.717) is 38.4 Å². The number of alkyl halides is 2. The molecular weight excluding hydrogens is 392 g/mol. The van der Waals surface area contributed by atoms with Crippen LogP contribution in [0.4, 0.5) is 14.6 Å². The lowest BCUT2D eigenvalue weighted by molar-refractivity contribution is -0.137. The lowest BCUT2D eigenvalue weighted by Gasteiger charge is -2.41. The summed E-state index contributed by atoms with van der Waals surface area (Å²) in [7, 11) is 0. The number of rotatable bonds is 5. The quantitative estimate of drug-likeness (QED) is 0.742. The second-order valence-corrected chi connectivity index (χ2v) is 8.66. The molecule has 1 unspecified atom stereocenters. The molecule has 3 aliphatic heterocycles. The monoisotopic (exact) mass is 421 g/mol. The normalized spacial score (nSPS) is 27.3. The maximum atomic E-state index is 13.6. The summed E-state index contributed by atoms with van der Waals surface area (Å²) in [5, 5.41) is 7.62. The maximum absolute atomic E-state index is 13.6. The van der Waals surface area contributed by atoms with Gasteiger partial charge in [-0.3, -0.25) is 9.59 Å². The molecule has 0 bridgehead atoms. The maximum Gasteiger partial charge on any atom is 0.260 e. The highest BCUT2D eigenvalue weighted by Gasteiger charge is 2.40. The first-order chi connectivity index (χ1) is 14.4. The molecule has 0 saturated carbocycles. The van der Waals surface area contributed by atoms with Crippen LogP contribution in [0, 0.1) is 18.8 Å². The molecule has 9 heteroatoms. The zero-order valence-electron chi connectivity index (χ0n) is 17.3. The van der Waals surface area contributed by atoms with Crippen LogP contribution in [0.2, 0.25) is 0 Å². The molecule has 3 aliphatic rings. The molecule has 2 amide bonds. The highest BCUT2D eigenvalue weighted by molar-refractivity contribution is 5.89. The van der Waals surface area contributed by atoms with E-state index < -0.39 is 12.5 Å². The van der Waals surface area contributed by atoms with Gasteiger partial charge in [0.1, 0.15) is 11.9 Å². The van der Waals surface area contributed by atoms with Crippen LogP contribution in [-0.4, -0.2) is 70.0 Å². The van der Waals surface area contributed by atoms with Crippen molar-refractivity contribution >= 4 is 17.6 Å². The number of likely N-dealkylation sites (tertiary alicyclic amines) is 2. The van der Waals surface area contributed by atoms with Crippen LogP contribution in [0.25, 0.3) is 0 Å². The van der Waals surface area contributed by atoms with E-state index >= 15 is 0 Å². The Hall–Kier alpha value is -2.45. The van der Waals surface area contributed by atoms with Gasteiger partial charge >= 0.3 is 0 Å². The molecule has 0 aromatic carbocycles. The third-order valence-corrected chi connectivity index (χ3v) is 6.63. The molecule has 164 valence electrons. The van der Waals surface area contributed by atoms with Crippen LogP contribution in [0.1, 0.15) is 37.4 Å². The van der Waals surface area contributed by atoms with E-state index in [9.17, 15) is 18.4 Å². The van der Waals surface area contributed by atoms with Gasteiger partial charge in [0.15, 0.2) is 0 Å². The average Bonchev–Trinajstić information content (AvgIpc) is 3.28. The fourth-order valence-corrected chi connectivity index (χ4v) is 5.06. The van der Waals surface area contributed by atoms with Crippen LogP contribution in [0.5, 0.6) is 0 Å². The Labute approximate surface area is 175 Å². The third kappa shape index (κ3) is 3.94. The van der Waals surface area contributed by atoms with Gasteiger partial charge in [0.2, 0.25) is 11.8 Å². The van der Waals surface area contributed by atoms with Crippen LogP contribution in [0.3, 0.4) is 0 Å². The second kappa shape index (κ2) is 8.35. The Kier molecular flexibility index (Phi) is 5.79. The van der Waals surface area contributed by atoms with Gasteiger partial charge in [0.25, 0.3) is 6.43 Å². The molecule has 0 spiro atoms. The highest BCUT2D eigenvalue weighted by atomic mass is 19.3. The molecule has 0 aliphatic carbocycles. The zero-order valence-corrected chi connectivity index (χ0v) is 17.3. The number of piperidine rings is 1. The molecule has 1 N–H and O–H groups in total. The summed E-state index contributed by atoms with van der Waals surface area (Å²) < 4.78 is 28.7. The average molecular weight is 421 g/mol. The standard InChI is InChI=1S/C21H29F2N5O2/c1-3-6-27-12-15(10-19(27)29)21(30)26-7-4-14(5-8-26)16-11-17(20(22)23)28-18(24-16)9-13(2)25-28/h3,9,14-17,20,24H,1,4-8,10-12H2,2H3/t15?,16-,17+/m0/s1. The number of fused-ring (bicyclic) bond motifs is 1. The van der Waals surface area contributed by atoms with E-state index in [0.717, 1.165) is 18.5 Å². The molecule has 2 saturated heterocycles. The number of nitrogens with one attached hydrogen (secondary N) is 1. The molecule has 0 radical (unpaired) electrons. The summed E-state index contributed by atoms with van der Waals surface area (Å²) in [6.45, 7) is 7.59. The van der Waals surface area contributed by atoms with E-state index in [1.807, 2.05) is 11.0 Å². The van der Waals surface area contributed by atoms with E-state index in [4.69, 9.17) is 0 Å². The zero-order chi connectivity index (χ0) is 21.4. The largest absolute Gasteiger partial charge is 0.367 e. The van der Waals surface area contributed by atoms with E-state index in [-0.39, 0.29) is 36.1 Å². The summed E-state index contributed by atoms with van der Waals surface area (Å²) >= 11 is 0. The minimum absolute atomic E-state index is 0.000475. The number of aryl methyl sites for hydroxylation is 1. The summed E-state index contributed by atoms with van der Waals surface area (Å²) in [6.07, 6.45) is 1.34. The number of carbonyl (C=O) groups is 2. The number of anilines is 1. The molecule has 1 aromatic heterocycles. The van der Waals surface area contributed by atoms with E-state index in [1.54, 1.807) is 17.9 Å². The Morgan fingerprint density at radius 1 is 1.40 bits per heavy atom. The first kappa shape index (κ1) is 20.8. The van der Waals surface area contributed by atoms with Gasteiger partial charge in [-0.1, -0.05) is 6.08 Å². The topological polar surface area (TPSA) is 70.5 Å². The Morgan fingerprint density at radius 3 is 2.80 bits per heavy atom. The van der Waals surface area contributed by atoms with Crippen molar-refractivity contribution in [1.29, 1.82) is 0 Å². The van der Waals surface area contributed by atoms with Crippen LogP contribution in [0.15, 0.2) is 18.7 Å². The number of hydrogen-bond acceptors (Lipinski definition) is 4. The molecule has 4 heterocycles. The fourth-order valence-electron chi connectivity index (χ4n) is 5.06. The summed E-state index contributed by atoms with van der Waals surface area (Å²) in [6, 6.07) is 0.840. The first-order valence-electron chi connectivity index (χ1n) is 10.7. The van der Waals surface area contributed by atoms with Crippen LogP contribution < -0.4 is 5.32 Å². The van der Waals surface area contributed by atoms with Crippen molar-refractivity contribution in [2.45, 2.75) is 51.1 Å². The van der Waals surface area contributed by atoms with Crippen molar-refractivity contribution in [2.24, 2.45) is 11.8 Å². The Bertz CT molecular complexity index is 818. The number of carbonyl (C=O) groups excluding carboxylic acids is 2. The van der Waals surface area contributed by atoms with Gasteiger partial charge in [-0.15, -0.1) is 6.58 Å². The lowest BCUT2D eigenvalue weighted by atomic mass is 9.84. The fraction of sp³-hybridized carbons (Fsp3) is 0.667. The van der Waals surface area contributed by atoms with Crippen LogP contribution in [-0.2, 0) is 9.59 Å². The molecule has 7 nitrogen and oxygen atoms in total. The Balaban J connectivity index is 1.35. The molecule has 30 heavy (non-hydrogen) atoms. The number of hydrogen-bond donors (Lipinski definition) is 1. The minimum Gasteiger partial charge on any atom is -0.367 e. The third-order valence-electron chi connectivity index (χ3n) is 6.63. The number of amides is 2. The van der Waals surface area contributed by atoms with E-state index in [1.165, 1.54) is 4.68 Å². The van der Waals surface area contributed by atoms with Crippen molar-refractivity contribution in [3.8, 4) is 0 Å². The smallest absolute Gasteiger partial charge is 0.260 e. The van der Waals surface area contributed by atoms with Crippen LogP contribution >= 0.6 is 0 Å². The van der Waals surface area contributed by atoms with Crippen molar-refractivity contribution < 1.29 is 18.4 Å². The number of nitrogens with zero attached hydrogens (tertiary/aromatic N) is 4. The first-order valence-corrected chi connectivity index (χ1v) is 10.7. The highest BCUT2D eigenvalue weighted by Crippen LogP contribution is 2.37. The van der Waals surface area contributed by atoms with Crippen molar-refractivity contribution in [3.63, 3.8) is 0 Å². The minimum atomic E-state index is -2.47. The van der Waals surface area contributed by atoms with Gasteiger partial charge in [-0.05, 0) is 32.1 Å². The summed E-state index contributed by atoms with van der Waals surface area (Å²) in [5.41, 5.74) is 0.723. The van der Waals surface area contributed by atoms with E-state index in [2.05, 4.69) is 17.0 Å². The Morgan fingerprint density at radius 2 is 2.13 bits per heavy atom. The summed E-state index contributed by atoms with van der Waals surface area (Å²) in [5.74, 6) is 0.618. The second-order valence-electron chi connectivity index (χ2n) is 8.66. The van der Waals surface area contributed by atoms with Gasteiger partial charge < -0.3 is 15.1 Å². The number of halogens is 2. The molecule has 2 fully saturated rings. The number of aromatic nitrogens is 2. The van der Waals surface area contributed by atoms with Gasteiger partial charge in [0, 0.05) is 44.7 Å². The van der Waals surface area contributed by atoms with Crippen molar-refractivity contribution in [2.75, 3.05) is 31.5 Å². The molecule has 1 aromatic rings. The van der Waals surface area contributed by atoms with Gasteiger partial charge in [0.05, 0.1) is 11.6 Å².